The molecule has 2 fully saturated rings. The summed E-state index contributed by atoms with van der Waals surface area (Å²) in [7, 11) is -3.50. The van der Waals surface area contributed by atoms with Crippen LogP contribution in [0.5, 0.6) is 0 Å². The average Bonchev–Trinajstić information content (AvgIpc) is 3.14. The van der Waals surface area contributed by atoms with E-state index < -0.39 is 10.0 Å². The molecule has 0 spiro atoms. The molecule has 0 aliphatic carbocycles. The van der Waals surface area contributed by atoms with Crippen molar-refractivity contribution in [3.8, 4) is 6.07 Å². The first-order chi connectivity index (χ1) is 16.5. The van der Waals surface area contributed by atoms with Gasteiger partial charge in [-0.3, -0.25) is 4.79 Å². The van der Waals surface area contributed by atoms with E-state index in [-0.39, 0.29) is 11.8 Å². The van der Waals surface area contributed by atoms with Crippen molar-refractivity contribution in [3.05, 3.63) is 71.1 Å². The Kier molecular flexibility index (Phi) is 7.66. The lowest BCUT2D eigenvalue weighted by atomic mass is 9.96. The summed E-state index contributed by atoms with van der Waals surface area (Å²) in [4.78, 5) is 17.4. The second-order valence-corrected chi connectivity index (χ2v) is 10.6. The fourth-order valence-corrected chi connectivity index (χ4v) is 5.79. The van der Waals surface area contributed by atoms with Gasteiger partial charge in [-0.25, -0.2) is 8.42 Å². The zero-order valence-corrected chi connectivity index (χ0v) is 20.0. The fourth-order valence-electron chi connectivity index (χ4n) is 4.57. The van der Waals surface area contributed by atoms with Crippen molar-refractivity contribution in [2.24, 2.45) is 5.92 Å². The van der Waals surface area contributed by atoms with Crippen LogP contribution in [-0.4, -0.2) is 62.8 Å². The molecule has 1 amide bonds. The van der Waals surface area contributed by atoms with Gasteiger partial charge in [0.15, 0.2) is 0 Å². The number of carbonyl (C=O) groups excluding carboxylic acids is 1. The second-order valence-electron chi connectivity index (χ2n) is 8.76. The number of benzene rings is 2. The number of amides is 1. The minimum absolute atomic E-state index is 0.133. The number of anilines is 1. The predicted octanol–water partition coefficient (Wildman–Crippen LogP) is 3.31. The molecule has 8 heteroatoms. The summed E-state index contributed by atoms with van der Waals surface area (Å²) in [6, 6.07) is 19.0. The Morgan fingerprint density at radius 1 is 0.912 bits per heavy atom. The van der Waals surface area contributed by atoms with Gasteiger partial charge in [0.2, 0.25) is 15.9 Å². The fraction of sp³-hybridized carbons (Fsp3) is 0.385. The summed E-state index contributed by atoms with van der Waals surface area (Å²) in [5.74, 6) is 0.00423. The van der Waals surface area contributed by atoms with E-state index in [0.29, 0.717) is 44.6 Å². The van der Waals surface area contributed by atoms with Crippen LogP contribution in [0.1, 0.15) is 30.4 Å². The molecule has 2 aliphatic heterocycles. The molecule has 0 bridgehead atoms. The van der Waals surface area contributed by atoms with Crippen LogP contribution in [0.3, 0.4) is 0 Å². The van der Waals surface area contributed by atoms with Crippen molar-refractivity contribution < 1.29 is 13.2 Å². The number of piperidine rings is 1. The summed E-state index contributed by atoms with van der Waals surface area (Å²) in [5.41, 5.74) is 2.54. The molecule has 0 unspecified atom stereocenters. The zero-order valence-electron chi connectivity index (χ0n) is 19.2. The van der Waals surface area contributed by atoms with Crippen LogP contribution in [0.4, 0.5) is 5.69 Å². The Bertz CT molecular complexity index is 1150. The van der Waals surface area contributed by atoms with E-state index in [9.17, 15) is 13.2 Å². The maximum atomic E-state index is 13.2. The lowest BCUT2D eigenvalue weighted by Gasteiger charge is -2.33. The first-order valence-corrected chi connectivity index (χ1v) is 13.2. The van der Waals surface area contributed by atoms with Gasteiger partial charge < -0.3 is 9.80 Å². The SMILES string of the molecule is N#Cc1ccc(N2CCCN(C(=O)C3CCN(S(=O)(=O)/C=C/c4ccccc4)CC3)CC2)cc1. The molecule has 34 heavy (non-hydrogen) atoms. The quantitative estimate of drug-likeness (QED) is 0.658. The summed E-state index contributed by atoms with van der Waals surface area (Å²) in [6.07, 6.45) is 3.59. The smallest absolute Gasteiger partial charge is 0.236 e. The van der Waals surface area contributed by atoms with Crippen molar-refractivity contribution in [2.45, 2.75) is 19.3 Å². The maximum Gasteiger partial charge on any atom is 0.236 e. The number of carbonyl (C=O) groups is 1. The van der Waals surface area contributed by atoms with Crippen LogP contribution in [0.15, 0.2) is 60.0 Å². The second kappa shape index (κ2) is 10.9. The highest BCUT2D eigenvalue weighted by Crippen LogP contribution is 2.24. The summed E-state index contributed by atoms with van der Waals surface area (Å²) < 4.78 is 26.9. The Labute approximate surface area is 201 Å². The monoisotopic (exact) mass is 478 g/mol. The topological polar surface area (TPSA) is 84.7 Å². The van der Waals surface area contributed by atoms with Crippen molar-refractivity contribution in [1.82, 2.24) is 9.21 Å². The van der Waals surface area contributed by atoms with E-state index in [1.807, 2.05) is 59.5 Å². The van der Waals surface area contributed by atoms with E-state index in [0.717, 1.165) is 30.8 Å². The van der Waals surface area contributed by atoms with Gasteiger partial charge >= 0.3 is 0 Å². The number of nitrogens with zero attached hydrogens (tertiary/aromatic N) is 4. The highest BCUT2D eigenvalue weighted by Gasteiger charge is 2.32. The van der Waals surface area contributed by atoms with Gasteiger partial charge in [0.1, 0.15) is 0 Å². The summed E-state index contributed by atoms with van der Waals surface area (Å²) in [6.45, 7) is 3.70. The molecule has 2 aromatic carbocycles. The highest BCUT2D eigenvalue weighted by atomic mass is 32.2. The molecule has 4 rings (SSSR count). The molecule has 0 N–H and O–H groups in total. The van der Waals surface area contributed by atoms with Gasteiger partial charge in [-0.15, -0.1) is 0 Å². The van der Waals surface area contributed by atoms with Crippen molar-refractivity contribution in [1.29, 1.82) is 5.26 Å². The van der Waals surface area contributed by atoms with E-state index >= 15 is 0 Å². The molecular formula is C26H30N4O3S. The van der Waals surface area contributed by atoms with Crippen LogP contribution < -0.4 is 4.90 Å². The normalized spacial score (nSPS) is 18.6. The molecule has 2 aliphatic rings. The third-order valence-corrected chi connectivity index (χ3v) is 8.13. The van der Waals surface area contributed by atoms with Crippen molar-refractivity contribution >= 4 is 27.7 Å². The molecule has 178 valence electrons. The molecular weight excluding hydrogens is 448 g/mol. The van der Waals surface area contributed by atoms with E-state index in [2.05, 4.69) is 11.0 Å². The number of hydrogen-bond acceptors (Lipinski definition) is 5. The lowest BCUT2D eigenvalue weighted by Crippen LogP contribution is -2.45. The third kappa shape index (κ3) is 5.85. The highest BCUT2D eigenvalue weighted by molar-refractivity contribution is 7.92. The van der Waals surface area contributed by atoms with Gasteiger partial charge in [-0.2, -0.15) is 9.57 Å². The summed E-state index contributed by atoms with van der Waals surface area (Å²) in [5, 5.41) is 10.3. The maximum absolute atomic E-state index is 13.2. The molecule has 0 saturated carbocycles. The Morgan fingerprint density at radius 3 is 2.29 bits per heavy atom. The van der Waals surface area contributed by atoms with Crippen LogP contribution in [0, 0.1) is 17.2 Å². The molecule has 0 atom stereocenters. The van der Waals surface area contributed by atoms with Crippen molar-refractivity contribution in [3.63, 3.8) is 0 Å². The number of nitriles is 1. The van der Waals surface area contributed by atoms with Crippen LogP contribution >= 0.6 is 0 Å². The van der Waals surface area contributed by atoms with Gasteiger partial charge in [0.05, 0.1) is 11.6 Å². The van der Waals surface area contributed by atoms with Gasteiger partial charge in [0.25, 0.3) is 0 Å². The van der Waals surface area contributed by atoms with Gasteiger partial charge in [-0.05, 0) is 55.2 Å². The van der Waals surface area contributed by atoms with E-state index in [1.54, 1.807) is 6.08 Å². The van der Waals surface area contributed by atoms with Gasteiger partial charge in [-0.1, -0.05) is 30.3 Å². The van der Waals surface area contributed by atoms with Crippen LogP contribution in [0.25, 0.3) is 6.08 Å². The molecule has 2 heterocycles. The minimum Gasteiger partial charge on any atom is -0.370 e. The van der Waals surface area contributed by atoms with Crippen LogP contribution in [0.2, 0.25) is 0 Å². The molecule has 0 aromatic heterocycles. The Balaban J connectivity index is 1.30. The lowest BCUT2D eigenvalue weighted by molar-refractivity contribution is -0.136. The molecule has 7 nitrogen and oxygen atoms in total. The largest absolute Gasteiger partial charge is 0.370 e. The predicted molar refractivity (Wildman–Crippen MR) is 133 cm³/mol. The van der Waals surface area contributed by atoms with Gasteiger partial charge in [0, 0.05) is 56.3 Å². The number of rotatable bonds is 5. The Morgan fingerprint density at radius 2 is 1.62 bits per heavy atom. The van der Waals surface area contributed by atoms with E-state index in [1.165, 1.54) is 9.71 Å². The number of hydrogen-bond donors (Lipinski definition) is 0. The first kappa shape index (κ1) is 24.0. The van der Waals surface area contributed by atoms with Crippen molar-refractivity contribution in [2.75, 3.05) is 44.2 Å². The molecule has 2 aromatic rings. The molecule has 0 radical (unpaired) electrons. The Hall–Kier alpha value is -3.15. The number of sulfonamides is 1. The average molecular weight is 479 g/mol. The first-order valence-electron chi connectivity index (χ1n) is 11.7. The van der Waals surface area contributed by atoms with Crippen LogP contribution in [-0.2, 0) is 14.8 Å². The summed E-state index contributed by atoms with van der Waals surface area (Å²) >= 11 is 0. The van der Waals surface area contributed by atoms with E-state index in [4.69, 9.17) is 5.26 Å². The third-order valence-electron chi connectivity index (χ3n) is 6.56. The zero-order chi connectivity index (χ0) is 24.0. The minimum atomic E-state index is -3.50. The standard InChI is InChI=1S/C26H30N4O3S/c27-21-23-7-9-25(10-8-23)28-14-4-15-29(19-18-28)26(31)24-11-16-30(17-12-24)34(32,33)20-13-22-5-2-1-3-6-22/h1-3,5-10,13,20,24H,4,11-12,14-19H2/b20-13+. The molecule has 2 saturated heterocycles.